The molecule has 1 amide bonds. The van der Waals surface area contributed by atoms with E-state index in [2.05, 4.69) is 42.8 Å². The summed E-state index contributed by atoms with van der Waals surface area (Å²) in [7, 11) is 0. The number of carbonyl (C=O) groups excluding carboxylic acids is 1. The fourth-order valence-electron chi connectivity index (χ4n) is 2.84. The number of hydrogen-bond acceptors (Lipinski definition) is 1. The Kier molecular flexibility index (Phi) is 3.58. The molecule has 1 aromatic carbocycles. The number of hydrogen-bond donors (Lipinski definition) is 1. The summed E-state index contributed by atoms with van der Waals surface area (Å²) in [6.07, 6.45) is 2.49. The average molecular weight is 282 g/mol. The molecular formula is C18H22N2O. The maximum atomic E-state index is 12.2. The largest absolute Gasteiger partial charge is 0.349 e. The fraction of sp³-hybridized carbons (Fsp3) is 0.389. The molecule has 0 saturated heterocycles. The molecule has 0 bridgehead atoms. The van der Waals surface area contributed by atoms with E-state index in [1.807, 2.05) is 24.3 Å². The smallest absolute Gasteiger partial charge is 0.251 e. The van der Waals surface area contributed by atoms with E-state index in [0.29, 0.717) is 5.92 Å². The summed E-state index contributed by atoms with van der Waals surface area (Å²) in [6.45, 7) is 6.27. The van der Waals surface area contributed by atoms with Gasteiger partial charge in [-0.1, -0.05) is 0 Å². The van der Waals surface area contributed by atoms with Crippen LogP contribution in [0.3, 0.4) is 0 Å². The third-order valence-electron chi connectivity index (χ3n) is 4.35. The summed E-state index contributed by atoms with van der Waals surface area (Å²) in [5.74, 6) is 0.709. The first kappa shape index (κ1) is 13.9. The van der Waals surface area contributed by atoms with Gasteiger partial charge < -0.3 is 9.88 Å². The molecule has 0 aliphatic heterocycles. The maximum Gasteiger partial charge on any atom is 0.251 e. The minimum absolute atomic E-state index is 0.0295. The lowest BCUT2D eigenvalue weighted by Crippen LogP contribution is -2.33. The second-order valence-corrected chi connectivity index (χ2v) is 6.10. The molecule has 3 nitrogen and oxygen atoms in total. The molecule has 2 aromatic rings. The van der Waals surface area contributed by atoms with E-state index in [0.717, 1.165) is 11.3 Å². The Morgan fingerprint density at radius 1 is 1.10 bits per heavy atom. The van der Waals surface area contributed by atoms with Crippen molar-refractivity contribution in [2.45, 2.75) is 39.7 Å². The van der Waals surface area contributed by atoms with Crippen molar-refractivity contribution in [2.75, 3.05) is 0 Å². The van der Waals surface area contributed by atoms with Crippen LogP contribution >= 0.6 is 0 Å². The zero-order valence-corrected chi connectivity index (χ0v) is 12.9. The number of carbonyl (C=O) groups is 1. The van der Waals surface area contributed by atoms with Crippen LogP contribution in [-0.4, -0.2) is 16.5 Å². The molecule has 1 N–H and O–H groups in total. The molecule has 21 heavy (non-hydrogen) atoms. The molecule has 3 rings (SSSR count). The van der Waals surface area contributed by atoms with Crippen LogP contribution in [0.5, 0.6) is 0 Å². The Morgan fingerprint density at radius 3 is 2.19 bits per heavy atom. The summed E-state index contributed by atoms with van der Waals surface area (Å²) in [5.41, 5.74) is 4.23. The number of rotatable bonds is 4. The third-order valence-corrected chi connectivity index (χ3v) is 4.35. The standard InChI is InChI=1S/C18H22N2O/c1-12-4-5-13(2)20(12)17-10-8-16(9-11-17)18(21)19-14(3)15-6-7-15/h4-5,8-11,14-15H,6-7H2,1-3H3,(H,19,21)/t14-/m0/s1. The van der Waals surface area contributed by atoms with Gasteiger partial charge >= 0.3 is 0 Å². The van der Waals surface area contributed by atoms with Crippen molar-refractivity contribution < 1.29 is 4.79 Å². The number of benzene rings is 1. The number of nitrogens with zero attached hydrogens (tertiary/aromatic N) is 1. The first-order valence-electron chi connectivity index (χ1n) is 7.62. The Morgan fingerprint density at radius 2 is 1.67 bits per heavy atom. The lowest BCUT2D eigenvalue weighted by molar-refractivity contribution is 0.0936. The van der Waals surface area contributed by atoms with Crippen LogP contribution in [-0.2, 0) is 0 Å². The maximum absolute atomic E-state index is 12.2. The van der Waals surface area contributed by atoms with Gasteiger partial charge in [-0.25, -0.2) is 0 Å². The normalized spacial score (nSPS) is 15.8. The second kappa shape index (κ2) is 5.40. The highest BCUT2D eigenvalue weighted by Crippen LogP contribution is 2.32. The minimum atomic E-state index is 0.0295. The van der Waals surface area contributed by atoms with Gasteiger partial charge in [-0.2, -0.15) is 0 Å². The molecule has 3 heteroatoms. The number of aromatic nitrogens is 1. The van der Waals surface area contributed by atoms with Crippen LogP contribution < -0.4 is 5.32 Å². The summed E-state index contributed by atoms with van der Waals surface area (Å²) in [4.78, 5) is 12.2. The fourth-order valence-corrected chi connectivity index (χ4v) is 2.84. The zero-order chi connectivity index (χ0) is 15.0. The van der Waals surface area contributed by atoms with Gasteiger partial charge in [0.15, 0.2) is 0 Å². The first-order chi connectivity index (χ1) is 10.1. The summed E-state index contributed by atoms with van der Waals surface area (Å²) in [5, 5.41) is 3.09. The van der Waals surface area contributed by atoms with Gasteiger partial charge in [0.2, 0.25) is 0 Å². The molecular weight excluding hydrogens is 260 g/mol. The van der Waals surface area contributed by atoms with Crippen molar-refractivity contribution in [3.05, 3.63) is 53.3 Å². The van der Waals surface area contributed by atoms with Crippen molar-refractivity contribution in [1.82, 2.24) is 9.88 Å². The van der Waals surface area contributed by atoms with E-state index in [4.69, 9.17) is 0 Å². The monoisotopic (exact) mass is 282 g/mol. The second-order valence-electron chi connectivity index (χ2n) is 6.10. The summed E-state index contributed by atoms with van der Waals surface area (Å²) < 4.78 is 2.19. The zero-order valence-electron chi connectivity index (χ0n) is 12.9. The Balaban J connectivity index is 1.76. The topological polar surface area (TPSA) is 34.0 Å². The van der Waals surface area contributed by atoms with Crippen molar-refractivity contribution >= 4 is 5.91 Å². The summed E-state index contributed by atoms with van der Waals surface area (Å²) in [6, 6.07) is 12.3. The van der Waals surface area contributed by atoms with Gasteiger partial charge in [0.25, 0.3) is 5.91 Å². The van der Waals surface area contributed by atoms with Gasteiger partial charge in [-0.3, -0.25) is 4.79 Å². The van der Waals surface area contributed by atoms with Crippen LogP contribution in [0.25, 0.3) is 5.69 Å². The van der Waals surface area contributed by atoms with Crippen LogP contribution in [0, 0.1) is 19.8 Å². The van der Waals surface area contributed by atoms with Gasteiger partial charge in [0.1, 0.15) is 0 Å². The number of nitrogens with one attached hydrogen (secondary N) is 1. The van der Waals surface area contributed by atoms with Crippen LogP contribution in [0.1, 0.15) is 41.5 Å². The van der Waals surface area contributed by atoms with Crippen molar-refractivity contribution in [1.29, 1.82) is 0 Å². The van der Waals surface area contributed by atoms with E-state index >= 15 is 0 Å². The van der Waals surface area contributed by atoms with E-state index in [9.17, 15) is 4.79 Å². The molecule has 1 aliphatic rings. The van der Waals surface area contributed by atoms with Crippen LogP contribution in [0.15, 0.2) is 36.4 Å². The average Bonchev–Trinajstić information content (AvgIpc) is 3.26. The molecule has 0 spiro atoms. The highest BCUT2D eigenvalue weighted by Gasteiger charge is 2.29. The van der Waals surface area contributed by atoms with Gasteiger partial charge in [0.05, 0.1) is 0 Å². The quantitative estimate of drug-likeness (QED) is 0.913. The third kappa shape index (κ3) is 2.87. The molecule has 1 aliphatic carbocycles. The molecule has 1 aromatic heterocycles. The minimum Gasteiger partial charge on any atom is -0.349 e. The lowest BCUT2D eigenvalue weighted by Gasteiger charge is -2.14. The van der Waals surface area contributed by atoms with Crippen LogP contribution in [0.4, 0.5) is 0 Å². The molecule has 1 atom stereocenters. The Bertz CT molecular complexity index is 631. The molecule has 1 saturated carbocycles. The number of amides is 1. The molecule has 1 heterocycles. The Hall–Kier alpha value is -2.03. The lowest BCUT2D eigenvalue weighted by atomic mass is 10.1. The van der Waals surface area contributed by atoms with Crippen LogP contribution in [0.2, 0.25) is 0 Å². The molecule has 0 unspecified atom stereocenters. The highest BCUT2D eigenvalue weighted by molar-refractivity contribution is 5.94. The van der Waals surface area contributed by atoms with Crippen molar-refractivity contribution in [2.24, 2.45) is 5.92 Å². The molecule has 110 valence electrons. The molecule has 0 radical (unpaired) electrons. The predicted octanol–water partition coefficient (Wildman–Crippen LogP) is 3.62. The SMILES string of the molecule is Cc1ccc(C)n1-c1ccc(C(=O)N[C@@H](C)C2CC2)cc1. The first-order valence-corrected chi connectivity index (χ1v) is 7.62. The molecule has 1 fully saturated rings. The highest BCUT2D eigenvalue weighted by atomic mass is 16.1. The Labute approximate surface area is 126 Å². The predicted molar refractivity (Wildman–Crippen MR) is 84.9 cm³/mol. The van der Waals surface area contributed by atoms with E-state index in [1.165, 1.54) is 24.2 Å². The van der Waals surface area contributed by atoms with E-state index in [-0.39, 0.29) is 11.9 Å². The van der Waals surface area contributed by atoms with E-state index in [1.54, 1.807) is 0 Å². The van der Waals surface area contributed by atoms with Gasteiger partial charge in [-0.05, 0) is 75.9 Å². The number of aryl methyl sites for hydroxylation is 2. The van der Waals surface area contributed by atoms with E-state index < -0.39 is 0 Å². The van der Waals surface area contributed by atoms with Crippen molar-refractivity contribution in [3.8, 4) is 5.69 Å². The van der Waals surface area contributed by atoms with Crippen molar-refractivity contribution in [3.63, 3.8) is 0 Å². The van der Waals surface area contributed by atoms with Gasteiger partial charge in [-0.15, -0.1) is 0 Å². The van der Waals surface area contributed by atoms with Gasteiger partial charge in [0, 0.05) is 28.7 Å². The summed E-state index contributed by atoms with van der Waals surface area (Å²) >= 11 is 0.